The van der Waals surface area contributed by atoms with Gasteiger partial charge in [-0.15, -0.1) is 0 Å². The number of ether oxygens (including phenoxy) is 1. The SMILES string of the molecule is CN1SN(C(=O)OC(C)(C)C)CC1(C)C(=O)O. The molecule has 1 atom stereocenters. The third-order valence-electron chi connectivity index (χ3n) is 2.43. The lowest BCUT2D eigenvalue weighted by atomic mass is 10.0. The number of carboxylic acid groups (broad SMARTS) is 1. The van der Waals surface area contributed by atoms with Gasteiger partial charge in [0, 0.05) is 19.2 Å². The Bertz CT molecular complexity index is 342. The molecule has 0 radical (unpaired) electrons. The largest absolute Gasteiger partial charge is 0.480 e. The molecule has 0 aromatic rings. The summed E-state index contributed by atoms with van der Waals surface area (Å²) in [5.74, 6) is -0.960. The average molecular weight is 262 g/mol. The van der Waals surface area contributed by atoms with Crippen LogP contribution >= 0.6 is 12.1 Å². The van der Waals surface area contributed by atoms with Crippen LogP contribution in [0.2, 0.25) is 0 Å². The second-order valence-corrected chi connectivity index (χ2v) is 6.33. The molecule has 7 heteroatoms. The number of aliphatic carboxylic acids is 1. The Morgan fingerprint density at radius 2 is 1.94 bits per heavy atom. The van der Waals surface area contributed by atoms with E-state index in [4.69, 9.17) is 9.84 Å². The van der Waals surface area contributed by atoms with Crippen LogP contribution in [0.4, 0.5) is 4.79 Å². The first kappa shape index (κ1) is 14.1. The zero-order valence-electron chi connectivity index (χ0n) is 10.7. The molecule has 0 aromatic heterocycles. The number of carboxylic acids is 1. The van der Waals surface area contributed by atoms with Crippen molar-refractivity contribution in [1.29, 1.82) is 0 Å². The van der Waals surface area contributed by atoms with E-state index in [-0.39, 0.29) is 6.54 Å². The Kier molecular flexibility index (Phi) is 3.63. The van der Waals surface area contributed by atoms with Crippen molar-refractivity contribution in [3.8, 4) is 0 Å². The lowest BCUT2D eigenvalue weighted by molar-refractivity contribution is -0.146. The Hall–Kier alpha value is -0.950. The maximum Gasteiger partial charge on any atom is 0.421 e. The quantitative estimate of drug-likeness (QED) is 0.723. The van der Waals surface area contributed by atoms with Gasteiger partial charge in [0.25, 0.3) is 0 Å². The highest BCUT2D eigenvalue weighted by Gasteiger charge is 2.49. The molecule has 0 bridgehead atoms. The van der Waals surface area contributed by atoms with E-state index < -0.39 is 23.2 Å². The standard InChI is InChI=1S/C10H18N2O4S/c1-9(2,3)16-8(15)12-6-10(4,7(13)14)11(5)17-12/h6H2,1-5H3,(H,13,14). The van der Waals surface area contributed by atoms with Gasteiger partial charge in [-0.2, -0.15) is 0 Å². The summed E-state index contributed by atoms with van der Waals surface area (Å²) in [5.41, 5.74) is -1.67. The predicted octanol–water partition coefficient (Wildman–Crippen LogP) is 1.58. The molecular formula is C10H18N2O4S. The Balaban J connectivity index is 2.73. The minimum Gasteiger partial charge on any atom is -0.480 e. The molecule has 1 heterocycles. The van der Waals surface area contributed by atoms with Gasteiger partial charge < -0.3 is 9.84 Å². The Morgan fingerprint density at radius 3 is 2.29 bits per heavy atom. The summed E-state index contributed by atoms with van der Waals surface area (Å²) in [5, 5.41) is 9.14. The molecule has 1 amide bonds. The second kappa shape index (κ2) is 4.38. The van der Waals surface area contributed by atoms with Crippen LogP contribution in [-0.4, -0.2) is 50.5 Å². The lowest BCUT2D eigenvalue weighted by Crippen LogP contribution is -2.47. The number of nitrogens with zero attached hydrogens (tertiary/aromatic N) is 2. The van der Waals surface area contributed by atoms with Gasteiger partial charge in [0.05, 0.1) is 6.54 Å². The van der Waals surface area contributed by atoms with Crippen molar-refractivity contribution in [2.45, 2.75) is 38.8 Å². The van der Waals surface area contributed by atoms with Gasteiger partial charge in [0.15, 0.2) is 0 Å². The minimum atomic E-state index is -1.08. The van der Waals surface area contributed by atoms with E-state index in [0.29, 0.717) is 0 Å². The molecule has 6 nitrogen and oxygen atoms in total. The number of carbonyl (C=O) groups excluding carboxylic acids is 1. The van der Waals surface area contributed by atoms with Crippen molar-refractivity contribution in [3.05, 3.63) is 0 Å². The van der Waals surface area contributed by atoms with Gasteiger partial charge in [-0.3, -0.25) is 4.79 Å². The van der Waals surface area contributed by atoms with Crippen molar-refractivity contribution in [2.75, 3.05) is 13.6 Å². The zero-order chi connectivity index (χ0) is 13.4. The first-order valence-corrected chi connectivity index (χ1v) is 5.95. The van der Waals surface area contributed by atoms with Crippen LogP contribution in [0.15, 0.2) is 0 Å². The van der Waals surface area contributed by atoms with E-state index in [9.17, 15) is 9.59 Å². The van der Waals surface area contributed by atoms with Crippen LogP contribution in [0.1, 0.15) is 27.7 Å². The summed E-state index contributed by atoms with van der Waals surface area (Å²) >= 11 is 1.06. The number of carbonyl (C=O) groups is 2. The Labute approximate surface area is 105 Å². The number of hydrogen-bond acceptors (Lipinski definition) is 5. The minimum absolute atomic E-state index is 0.0956. The van der Waals surface area contributed by atoms with Crippen LogP contribution in [-0.2, 0) is 9.53 Å². The van der Waals surface area contributed by atoms with Crippen LogP contribution in [0.25, 0.3) is 0 Å². The molecule has 1 N–H and O–H groups in total. The monoisotopic (exact) mass is 262 g/mol. The topological polar surface area (TPSA) is 70.1 Å². The van der Waals surface area contributed by atoms with E-state index in [1.165, 1.54) is 4.31 Å². The molecule has 1 aliphatic rings. The molecule has 0 saturated carbocycles. The third-order valence-corrected chi connectivity index (χ3v) is 3.55. The number of amides is 1. The van der Waals surface area contributed by atoms with Gasteiger partial charge in [0.2, 0.25) is 0 Å². The van der Waals surface area contributed by atoms with Crippen molar-refractivity contribution < 1.29 is 19.4 Å². The fraction of sp³-hybridized carbons (Fsp3) is 0.800. The van der Waals surface area contributed by atoms with E-state index in [2.05, 4.69) is 0 Å². The van der Waals surface area contributed by atoms with Gasteiger partial charge in [-0.25, -0.2) is 13.4 Å². The molecule has 0 spiro atoms. The highest BCUT2D eigenvalue weighted by atomic mass is 32.2. The van der Waals surface area contributed by atoms with Crippen molar-refractivity contribution in [3.63, 3.8) is 0 Å². The number of likely N-dealkylation sites (N-methyl/N-ethyl adjacent to an activating group) is 1. The van der Waals surface area contributed by atoms with Gasteiger partial charge in [-0.1, -0.05) is 0 Å². The molecule has 1 aliphatic heterocycles. The van der Waals surface area contributed by atoms with Gasteiger partial charge in [0.1, 0.15) is 11.1 Å². The third kappa shape index (κ3) is 3.04. The lowest BCUT2D eigenvalue weighted by Gasteiger charge is -2.23. The fourth-order valence-electron chi connectivity index (χ4n) is 1.26. The second-order valence-electron chi connectivity index (χ2n) is 5.18. The number of rotatable bonds is 1. The van der Waals surface area contributed by atoms with E-state index in [0.717, 1.165) is 12.1 Å². The average Bonchev–Trinajstić information content (AvgIpc) is 2.42. The summed E-state index contributed by atoms with van der Waals surface area (Å²) in [4.78, 5) is 22.9. The molecule has 1 saturated heterocycles. The summed E-state index contributed by atoms with van der Waals surface area (Å²) in [7, 11) is 1.64. The molecule has 0 aromatic carbocycles. The fourth-order valence-corrected chi connectivity index (χ4v) is 2.28. The van der Waals surface area contributed by atoms with Gasteiger partial charge >= 0.3 is 12.1 Å². The predicted molar refractivity (Wildman–Crippen MR) is 64.3 cm³/mol. The molecule has 0 aliphatic carbocycles. The summed E-state index contributed by atoms with van der Waals surface area (Å²) < 4.78 is 8.05. The number of hydrogen-bond donors (Lipinski definition) is 1. The van der Waals surface area contributed by atoms with Gasteiger partial charge in [-0.05, 0) is 27.7 Å². The summed E-state index contributed by atoms with van der Waals surface area (Å²) in [6, 6.07) is 0. The van der Waals surface area contributed by atoms with Crippen LogP contribution in [0, 0.1) is 0 Å². The molecule has 98 valence electrons. The zero-order valence-corrected chi connectivity index (χ0v) is 11.5. The maximum atomic E-state index is 11.8. The normalized spacial score (nSPS) is 26.1. The highest BCUT2D eigenvalue weighted by Crippen LogP contribution is 2.35. The first-order chi connectivity index (χ1) is 7.56. The van der Waals surface area contributed by atoms with Crippen LogP contribution in [0.5, 0.6) is 0 Å². The molecule has 1 rings (SSSR count). The molecule has 17 heavy (non-hydrogen) atoms. The van der Waals surface area contributed by atoms with Crippen molar-refractivity contribution >= 4 is 24.2 Å². The first-order valence-electron chi connectivity index (χ1n) is 5.22. The summed E-state index contributed by atoms with van der Waals surface area (Å²) in [6.07, 6.45) is -0.515. The van der Waals surface area contributed by atoms with E-state index in [1.54, 1.807) is 39.0 Å². The Morgan fingerprint density at radius 1 is 1.41 bits per heavy atom. The van der Waals surface area contributed by atoms with Crippen molar-refractivity contribution in [1.82, 2.24) is 8.61 Å². The maximum absolute atomic E-state index is 11.8. The summed E-state index contributed by atoms with van der Waals surface area (Å²) in [6.45, 7) is 6.98. The molecule has 1 fully saturated rings. The van der Waals surface area contributed by atoms with E-state index >= 15 is 0 Å². The van der Waals surface area contributed by atoms with Crippen LogP contribution in [0.3, 0.4) is 0 Å². The molecule has 1 unspecified atom stereocenters. The van der Waals surface area contributed by atoms with Crippen molar-refractivity contribution in [2.24, 2.45) is 0 Å². The van der Waals surface area contributed by atoms with Crippen LogP contribution < -0.4 is 0 Å². The highest BCUT2D eigenvalue weighted by molar-refractivity contribution is 7.95. The van der Waals surface area contributed by atoms with E-state index in [1.807, 2.05) is 0 Å². The molecular weight excluding hydrogens is 244 g/mol. The smallest absolute Gasteiger partial charge is 0.421 e.